The summed E-state index contributed by atoms with van der Waals surface area (Å²) in [7, 11) is 0. The summed E-state index contributed by atoms with van der Waals surface area (Å²) >= 11 is 0. The molecule has 0 saturated heterocycles. The fraction of sp³-hybridized carbons (Fsp3) is 0.708. The molecule has 0 amide bonds. The molecule has 13 nitrogen and oxygen atoms in total. The van der Waals surface area contributed by atoms with Crippen LogP contribution in [-0.4, -0.2) is 97.2 Å². The number of carboxylic acid groups (broad SMARTS) is 1. The molecule has 0 aliphatic heterocycles. The van der Waals surface area contributed by atoms with Gasteiger partial charge in [0.1, 0.15) is 17.8 Å². The Balaban J connectivity index is 0.000000209. The third kappa shape index (κ3) is 7.36. The fourth-order valence-electron chi connectivity index (χ4n) is 15.1. The van der Waals surface area contributed by atoms with Crippen LogP contribution in [-0.2, 0) is 33.5 Å². The third-order valence-electron chi connectivity index (χ3n) is 17.9. The van der Waals surface area contributed by atoms with Gasteiger partial charge < -0.3 is 40.2 Å². The Labute approximate surface area is 385 Å². The minimum atomic E-state index is -1.75. The second-order valence-corrected chi connectivity index (χ2v) is 20.8. The maximum Gasteiger partial charge on any atom is 1.00 e. The van der Waals surface area contributed by atoms with Crippen LogP contribution in [0.4, 0.5) is 0 Å². The molecule has 8 aliphatic carbocycles. The first-order valence-electron chi connectivity index (χ1n) is 22.2. The molecule has 0 aromatic heterocycles. The average Bonchev–Trinajstić information content (AvgIpc) is 3.62. The van der Waals surface area contributed by atoms with Gasteiger partial charge in [-0.25, -0.2) is 0 Å². The number of ketones is 4. The summed E-state index contributed by atoms with van der Waals surface area (Å²) in [6.07, 6.45) is 12.2. The second-order valence-electron chi connectivity index (χ2n) is 20.8. The molecule has 0 aromatic rings. The number of hydrogen-bond acceptors (Lipinski definition) is 13. The quantitative estimate of drug-likeness (QED) is 0.156. The van der Waals surface area contributed by atoms with E-state index in [-0.39, 0.29) is 107 Å². The van der Waals surface area contributed by atoms with E-state index in [9.17, 15) is 59.4 Å². The van der Waals surface area contributed by atoms with Crippen LogP contribution < -0.4 is 34.7 Å². The van der Waals surface area contributed by atoms with Crippen molar-refractivity contribution >= 4 is 35.1 Å². The van der Waals surface area contributed by atoms with Crippen molar-refractivity contribution in [3.8, 4) is 0 Å². The van der Waals surface area contributed by atoms with E-state index in [4.69, 9.17) is 4.74 Å². The Hall–Kier alpha value is -2.62. The normalized spacial score (nSPS) is 45.8. The predicted octanol–water partition coefficient (Wildman–Crippen LogP) is -0.308. The average molecular weight is 871 g/mol. The van der Waals surface area contributed by atoms with E-state index in [1.807, 2.05) is 26.0 Å². The number of Topliss-reactive ketones (excluding diaryl/α,β-unsaturated/α-hetero) is 2. The van der Waals surface area contributed by atoms with Gasteiger partial charge in [-0.1, -0.05) is 64.8 Å². The van der Waals surface area contributed by atoms with Crippen LogP contribution in [0, 0.1) is 69.0 Å². The molecule has 0 radical (unpaired) electrons. The minimum absolute atomic E-state index is 0. The van der Waals surface area contributed by atoms with Crippen molar-refractivity contribution in [2.75, 3.05) is 13.2 Å². The van der Waals surface area contributed by atoms with Crippen LogP contribution in [0.2, 0.25) is 0 Å². The topological polar surface area (TPSA) is 236 Å². The molecule has 14 heteroatoms. The molecule has 0 heterocycles. The molecule has 8 rings (SSSR count). The van der Waals surface area contributed by atoms with Gasteiger partial charge in [-0.05, 0) is 118 Å². The zero-order chi connectivity index (χ0) is 44.8. The molecule has 16 atom stereocenters. The van der Waals surface area contributed by atoms with Crippen LogP contribution >= 0.6 is 0 Å². The molecule has 334 valence electrons. The predicted molar refractivity (Wildman–Crippen MR) is 217 cm³/mol. The number of ether oxygens (including phenoxy) is 1. The number of hydrogen-bond donors (Lipinski definition) is 5. The van der Waals surface area contributed by atoms with Crippen LogP contribution in [0.5, 0.6) is 0 Å². The fourth-order valence-corrected chi connectivity index (χ4v) is 15.1. The molecule has 0 spiro atoms. The third-order valence-corrected chi connectivity index (χ3v) is 17.9. The number of allylic oxidation sites excluding steroid dienone is 8. The van der Waals surface area contributed by atoms with Crippen LogP contribution in [0.15, 0.2) is 47.6 Å². The SMILES string of the molecule is C[C@H]1C[C@@H]2[C@H]([C@@H](O)C[C@@]3(C)[C@H]2CC[C@]3(O)C(=O)CO)[C@@]2(C)C=CC(=O)C=C12.C[C@H]1C[C@@H]2[C@H]([C@@H](O)C[C@@]3(C)[C@H]2CC[C@]3(O)C(=O)COC(=O)CCC(=O)[O-])[C@@]2(C)C=CC(=O)C=C12.[Na+]. The number of carbonyl (C=O) groups excluding carboxylic acids is 6. The second kappa shape index (κ2) is 17.0. The summed E-state index contributed by atoms with van der Waals surface area (Å²) in [4.78, 5) is 71.9. The molecule has 62 heavy (non-hydrogen) atoms. The van der Waals surface area contributed by atoms with Crippen LogP contribution in [0.1, 0.15) is 106 Å². The zero-order valence-corrected chi connectivity index (χ0v) is 39.2. The number of carboxylic acids is 1. The van der Waals surface area contributed by atoms with E-state index < -0.39 is 89.2 Å². The maximum atomic E-state index is 13.1. The monoisotopic (exact) mass is 870 g/mol. The molecule has 0 bridgehead atoms. The van der Waals surface area contributed by atoms with Crippen molar-refractivity contribution in [1.82, 2.24) is 0 Å². The number of rotatable bonds is 8. The Kier molecular flexibility index (Phi) is 13.4. The van der Waals surface area contributed by atoms with Crippen LogP contribution in [0.25, 0.3) is 0 Å². The van der Waals surface area contributed by atoms with Crippen molar-refractivity contribution in [1.29, 1.82) is 0 Å². The molecular formula is C48H63NaO13. The van der Waals surface area contributed by atoms with Gasteiger partial charge in [-0.15, -0.1) is 0 Å². The van der Waals surface area contributed by atoms with E-state index >= 15 is 0 Å². The van der Waals surface area contributed by atoms with E-state index in [0.717, 1.165) is 30.4 Å². The summed E-state index contributed by atoms with van der Waals surface area (Å²) in [6, 6.07) is 0. The van der Waals surface area contributed by atoms with Crippen molar-refractivity contribution < 1.29 is 93.7 Å². The summed E-state index contributed by atoms with van der Waals surface area (Å²) in [6.45, 7) is 10.8. The number of aliphatic hydroxyl groups is 5. The molecule has 6 fully saturated rings. The zero-order valence-electron chi connectivity index (χ0n) is 37.2. The summed E-state index contributed by atoms with van der Waals surface area (Å²) in [5.74, 6) is -2.92. The smallest absolute Gasteiger partial charge is 0.550 e. The van der Waals surface area contributed by atoms with Gasteiger partial charge >= 0.3 is 35.5 Å². The maximum absolute atomic E-state index is 13.1. The van der Waals surface area contributed by atoms with Gasteiger partial charge in [-0.2, -0.15) is 0 Å². The van der Waals surface area contributed by atoms with Gasteiger partial charge in [0.25, 0.3) is 0 Å². The molecule has 0 unspecified atom stereocenters. The van der Waals surface area contributed by atoms with E-state index in [0.29, 0.717) is 19.3 Å². The largest absolute Gasteiger partial charge is 1.00 e. The number of fused-ring (bicyclic) bond motifs is 10. The first kappa shape index (κ1) is 48.8. The van der Waals surface area contributed by atoms with E-state index in [2.05, 4.69) is 27.7 Å². The summed E-state index contributed by atoms with van der Waals surface area (Å²) in [5, 5.41) is 65.4. The minimum Gasteiger partial charge on any atom is -0.550 e. The summed E-state index contributed by atoms with van der Waals surface area (Å²) < 4.78 is 4.95. The Morgan fingerprint density at radius 2 is 1.15 bits per heavy atom. The molecular weight excluding hydrogens is 808 g/mol. The number of esters is 1. The van der Waals surface area contributed by atoms with Crippen molar-refractivity contribution in [2.45, 2.75) is 129 Å². The van der Waals surface area contributed by atoms with Gasteiger partial charge in [0.2, 0.25) is 5.78 Å². The number of carbonyl (C=O) groups is 6. The Bertz CT molecular complexity index is 2020. The first-order valence-corrected chi connectivity index (χ1v) is 22.2. The van der Waals surface area contributed by atoms with Crippen LogP contribution in [0.3, 0.4) is 0 Å². The molecule has 5 N–H and O–H groups in total. The first-order chi connectivity index (χ1) is 28.4. The van der Waals surface area contributed by atoms with Crippen molar-refractivity contribution in [2.24, 2.45) is 69.0 Å². The van der Waals surface area contributed by atoms with Gasteiger partial charge in [0.15, 0.2) is 24.0 Å². The van der Waals surface area contributed by atoms with Crippen molar-refractivity contribution in [3.63, 3.8) is 0 Å². The molecule has 8 aliphatic rings. The Morgan fingerprint density at radius 1 is 0.726 bits per heavy atom. The Morgan fingerprint density at radius 3 is 1.55 bits per heavy atom. The van der Waals surface area contributed by atoms with Gasteiger partial charge in [0, 0.05) is 39.5 Å². The molecule has 0 aromatic carbocycles. The number of aliphatic hydroxyl groups excluding tert-OH is 3. The van der Waals surface area contributed by atoms with E-state index in [1.54, 1.807) is 24.3 Å². The van der Waals surface area contributed by atoms with E-state index in [1.165, 1.54) is 0 Å². The van der Waals surface area contributed by atoms with Gasteiger partial charge in [-0.3, -0.25) is 24.0 Å². The standard InChI is InChI=1S/C26H34O8.C22H30O5.Na/c1-14-10-16-17-7-9-26(33,20(29)13-34-22(32)5-4-21(30)31)25(17,3)12-19(28)23(16)24(2)8-6-15(27)11-18(14)24;1-12-8-14-15-5-7-22(27,18(26)11-23)21(15,3)10-17(25)19(14)20(2)6-4-13(24)9-16(12)20;/h6,8,11,14,16-17,19,23,28,33H,4-5,7,9-10,12-13H2,1-3H3,(H,30,31);4,6,9,12,14-15,17,19,23,25,27H,5,7-8,10-11H2,1-3H3;/q;;+1/p-1/t14-,16-,17-,19-,23+,24-,25-,26-;12-,14-,15-,17-,19+,20-,21-,22-;/m00./s1. The van der Waals surface area contributed by atoms with Crippen molar-refractivity contribution in [3.05, 3.63) is 47.6 Å². The van der Waals surface area contributed by atoms with Gasteiger partial charge in [0.05, 0.1) is 18.6 Å². The molecule has 6 saturated carbocycles. The number of aliphatic carboxylic acids is 1. The summed E-state index contributed by atoms with van der Waals surface area (Å²) in [5.41, 5.74) is -3.66.